The van der Waals surface area contributed by atoms with Crippen molar-refractivity contribution >= 4 is 39.6 Å². The highest BCUT2D eigenvalue weighted by Gasteiger charge is 2.21. The zero-order chi connectivity index (χ0) is 20.9. The van der Waals surface area contributed by atoms with E-state index in [9.17, 15) is 9.59 Å². The average molecular weight is 435 g/mol. The van der Waals surface area contributed by atoms with Crippen LogP contribution in [-0.2, 0) is 9.53 Å². The summed E-state index contributed by atoms with van der Waals surface area (Å²) in [5.74, 6) is -1.17. The van der Waals surface area contributed by atoms with Gasteiger partial charge >= 0.3 is 5.97 Å². The Hall–Kier alpha value is -3.74. The minimum atomic E-state index is -0.651. The number of hydrogen-bond acceptors (Lipinski definition) is 7. The Labute approximate surface area is 179 Å². The van der Waals surface area contributed by atoms with E-state index in [1.807, 2.05) is 53.9 Å². The molecule has 9 heteroatoms. The molecule has 0 aliphatic heterocycles. The first kappa shape index (κ1) is 19.6. The highest BCUT2D eigenvalue weighted by molar-refractivity contribution is 7.14. The molecular weight excluding hydrogens is 420 g/mol. The van der Waals surface area contributed by atoms with Gasteiger partial charge in [-0.3, -0.25) is 4.79 Å². The molecule has 0 atom stereocenters. The number of nitrogens with one attached hydrogen (secondary N) is 1. The number of thiophene rings is 2. The number of nitriles is 1. The summed E-state index contributed by atoms with van der Waals surface area (Å²) in [5, 5.41) is 20.2. The summed E-state index contributed by atoms with van der Waals surface area (Å²) in [6.07, 6.45) is 1.59. The number of ether oxygens (including phenoxy) is 1. The van der Waals surface area contributed by atoms with Crippen molar-refractivity contribution in [2.75, 3.05) is 11.9 Å². The van der Waals surface area contributed by atoms with Gasteiger partial charge in [-0.15, -0.1) is 22.7 Å². The number of carbonyl (C=O) groups is 2. The standard InChI is InChI=1S/C21H14N4O3S2/c22-11-14-8-10-30-20(14)23-18(26)13-28-21(27)16-12-25(15-5-2-1-3-6-15)24-19(16)17-7-4-9-29-17/h1-10,12H,13H2,(H,23,26). The molecule has 1 amide bonds. The third-order valence-electron chi connectivity index (χ3n) is 4.08. The summed E-state index contributed by atoms with van der Waals surface area (Å²) in [7, 11) is 0. The lowest BCUT2D eigenvalue weighted by Gasteiger charge is -2.05. The van der Waals surface area contributed by atoms with Crippen LogP contribution in [0.3, 0.4) is 0 Å². The lowest BCUT2D eigenvalue weighted by atomic mass is 10.2. The van der Waals surface area contributed by atoms with E-state index in [-0.39, 0.29) is 5.56 Å². The predicted octanol–water partition coefficient (Wildman–Crippen LogP) is 4.33. The van der Waals surface area contributed by atoms with Crippen LogP contribution in [0.1, 0.15) is 15.9 Å². The summed E-state index contributed by atoms with van der Waals surface area (Å²) < 4.78 is 6.83. The molecule has 1 aromatic carbocycles. The van der Waals surface area contributed by atoms with Gasteiger partial charge in [-0.25, -0.2) is 9.48 Å². The summed E-state index contributed by atoms with van der Waals surface area (Å²) in [5.41, 5.74) is 1.92. The number of esters is 1. The predicted molar refractivity (Wildman–Crippen MR) is 115 cm³/mol. The minimum absolute atomic E-state index is 0.267. The number of hydrogen-bond donors (Lipinski definition) is 1. The number of anilines is 1. The van der Waals surface area contributed by atoms with Gasteiger partial charge in [0.05, 0.1) is 16.1 Å². The number of rotatable bonds is 6. The third kappa shape index (κ3) is 4.15. The van der Waals surface area contributed by atoms with Crippen molar-refractivity contribution in [3.63, 3.8) is 0 Å². The van der Waals surface area contributed by atoms with Crippen molar-refractivity contribution in [3.05, 3.63) is 76.6 Å². The molecule has 0 fully saturated rings. The summed E-state index contributed by atoms with van der Waals surface area (Å²) in [4.78, 5) is 25.7. The molecule has 4 rings (SSSR count). The van der Waals surface area contributed by atoms with Crippen LogP contribution in [0.2, 0.25) is 0 Å². The zero-order valence-electron chi connectivity index (χ0n) is 15.4. The zero-order valence-corrected chi connectivity index (χ0v) is 17.1. The van der Waals surface area contributed by atoms with Gasteiger partial charge in [0.25, 0.3) is 5.91 Å². The maximum absolute atomic E-state index is 12.7. The topological polar surface area (TPSA) is 97.0 Å². The number of carbonyl (C=O) groups excluding carboxylic acids is 2. The van der Waals surface area contributed by atoms with E-state index in [1.54, 1.807) is 22.3 Å². The van der Waals surface area contributed by atoms with Gasteiger partial charge in [0.2, 0.25) is 0 Å². The summed E-state index contributed by atoms with van der Waals surface area (Å²) in [6.45, 7) is -0.470. The number of aromatic nitrogens is 2. The normalized spacial score (nSPS) is 10.4. The van der Waals surface area contributed by atoms with Gasteiger partial charge in [-0.1, -0.05) is 24.3 Å². The Morgan fingerprint density at radius 1 is 1.10 bits per heavy atom. The van der Waals surface area contributed by atoms with Crippen molar-refractivity contribution in [2.24, 2.45) is 0 Å². The molecule has 0 saturated carbocycles. The van der Waals surface area contributed by atoms with Gasteiger partial charge < -0.3 is 10.1 Å². The van der Waals surface area contributed by atoms with Gasteiger partial charge in [0.1, 0.15) is 22.3 Å². The van der Waals surface area contributed by atoms with Crippen molar-refractivity contribution in [1.82, 2.24) is 9.78 Å². The summed E-state index contributed by atoms with van der Waals surface area (Å²) >= 11 is 2.68. The van der Waals surface area contributed by atoms with Crippen LogP contribution in [0.25, 0.3) is 16.3 Å². The monoisotopic (exact) mass is 434 g/mol. The van der Waals surface area contributed by atoms with E-state index in [2.05, 4.69) is 10.4 Å². The Kier molecular flexibility index (Phi) is 5.70. The van der Waals surface area contributed by atoms with E-state index < -0.39 is 18.5 Å². The highest BCUT2D eigenvalue weighted by Crippen LogP contribution is 2.28. The second-order valence-corrected chi connectivity index (χ2v) is 7.91. The Balaban J connectivity index is 1.52. The molecule has 0 aliphatic rings. The maximum atomic E-state index is 12.7. The SMILES string of the molecule is N#Cc1ccsc1NC(=O)COC(=O)c1cn(-c2ccccc2)nc1-c1cccs1. The van der Waals surface area contributed by atoms with Crippen molar-refractivity contribution in [3.8, 4) is 22.3 Å². The molecule has 3 aromatic heterocycles. The molecule has 0 saturated heterocycles. The number of para-hydroxylation sites is 1. The molecule has 0 spiro atoms. The smallest absolute Gasteiger partial charge is 0.342 e. The molecule has 0 radical (unpaired) electrons. The van der Waals surface area contributed by atoms with Crippen LogP contribution in [0.4, 0.5) is 5.00 Å². The van der Waals surface area contributed by atoms with Gasteiger partial charge in [-0.2, -0.15) is 10.4 Å². The Bertz CT molecular complexity index is 1220. The van der Waals surface area contributed by atoms with Crippen molar-refractivity contribution < 1.29 is 14.3 Å². The van der Waals surface area contributed by atoms with Crippen LogP contribution in [0.15, 0.2) is 65.5 Å². The lowest BCUT2D eigenvalue weighted by Crippen LogP contribution is -2.20. The van der Waals surface area contributed by atoms with Gasteiger partial charge in [0, 0.05) is 6.20 Å². The molecule has 3 heterocycles. The van der Waals surface area contributed by atoms with Crippen LogP contribution >= 0.6 is 22.7 Å². The molecule has 0 aliphatic carbocycles. The number of nitrogens with zero attached hydrogens (tertiary/aromatic N) is 3. The van der Waals surface area contributed by atoms with Gasteiger partial charge in [0.15, 0.2) is 6.61 Å². The molecule has 148 valence electrons. The average Bonchev–Trinajstić information content (AvgIpc) is 3.52. The molecular formula is C21H14N4O3S2. The van der Waals surface area contributed by atoms with E-state index in [0.717, 1.165) is 10.6 Å². The second-order valence-electron chi connectivity index (χ2n) is 6.05. The maximum Gasteiger partial charge on any atom is 0.342 e. The van der Waals surface area contributed by atoms with E-state index in [4.69, 9.17) is 10.00 Å². The van der Waals surface area contributed by atoms with Crippen LogP contribution in [-0.4, -0.2) is 28.3 Å². The molecule has 7 nitrogen and oxygen atoms in total. The fourth-order valence-corrected chi connectivity index (χ4v) is 4.17. The fraction of sp³-hybridized carbons (Fsp3) is 0.0476. The van der Waals surface area contributed by atoms with Crippen molar-refractivity contribution in [1.29, 1.82) is 5.26 Å². The number of amides is 1. The largest absolute Gasteiger partial charge is 0.452 e. The van der Waals surface area contributed by atoms with Crippen LogP contribution in [0.5, 0.6) is 0 Å². The Morgan fingerprint density at radius 2 is 1.93 bits per heavy atom. The fourth-order valence-electron chi connectivity index (χ4n) is 2.70. The molecule has 0 bridgehead atoms. The highest BCUT2D eigenvalue weighted by atomic mass is 32.1. The summed E-state index contributed by atoms with van der Waals surface area (Å²) in [6, 6.07) is 16.7. The van der Waals surface area contributed by atoms with Crippen molar-refractivity contribution in [2.45, 2.75) is 0 Å². The minimum Gasteiger partial charge on any atom is -0.452 e. The first-order chi connectivity index (χ1) is 14.7. The molecule has 1 N–H and O–H groups in total. The van der Waals surface area contributed by atoms with Gasteiger partial charge in [-0.05, 0) is 35.0 Å². The number of benzene rings is 1. The van der Waals surface area contributed by atoms with E-state index in [1.165, 1.54) is 22.7 Å². The first-order valence-corrected chi connectivity index (χ1v) is 10.5. The third-order valence-corrected chi connectivity index (χ3v) is 5.79. The lowest BCUT2D eigenvalue weighted by molar-refractivity contribution is -0.119. The Morgan fingerprint density at radius 3 is 2.67 bits per heavy atom. The quantitative estimate of drug-likeness (QED) is 0.456. The molecule has 0 unspecified atom stereocenters. The van der Waals surface area contributed by atoms with E-state index >= 15 is 0 Å². The second kappa shape index (κ2) is 8.73. The van der Waals surface area contributed by atoms with Crippen LogP contribution in [0, 0.1) is 11.3 Å². The molecule has 30 heavy (non-hydrogen) atoms. The molecule has 4 aromatic rings. The van der Waals surface area contributed by atoms with E-state index in [0.29, 0.717) is 16.3 Å². The van der Waals surface area contributed by atoms with Crippen LogP contribution < -0.4 is 5.32 Å². The first-order valence-electron chi connectivity index (χ1n) is 8.79.